The van der Waals surface area contributed by atoms with Gasteiger partial charge >= 0.3 is 0 Å². The maximum Gasteiger partial charge on any atom is 0.239 e. The van der Waals surface area contributed by atoms with E-state index in [-0.39, 0.29) is 18.4 Å². The van der Waals surface area contributed by atoms with Crippen LogP contribution in [0.25, 0.3) is 10.8 Å². The molecule has 2 N–H and O–H groups in total. The molecule has 6 nitrogen and oxygen atoms in total. The molecule has 0 saturated heterocycles. The van der Waals surface area contributed by atoms with Crippen LogP contribution in [-0.4, -0.2) is 23.3 Å². The van der Waals surface area contributed by atoms with Gasteiger partial charge in [-0.2, -0.15) is 0 Å². The van der Waals surface area contributed by atoms with Gasteiger partial charge in [0.05, 0.1) is 25.0 Å². The van der Waals surface area contributed by atoms with Crippen molar-refractivity contribution in [1.82, 2.24) is 15.6 Å². The number of rotatable bonds is 5. The van der Waals surface area contributed by atoms with Crippen molar-refractivity contribution < 1.29 is 14.0 Å². The molecule has 0 fully saturated rings. The van der Waals surface area contributed by atoms with E-state index in [1.165, 1.54) is 18.3 Å². The number of carbonyl (C=O) groups excluding carboxylic acids is 2. The van der Waals surface area contributed by atoms with Gasteiger partial charge in [-0.05, 0) is 19.1 Å². The molecule has 2 aromatic heterocycles. The summed E-state index contributed by atoms with van der Waals surface area (Å²) in [5, 5.41) is 5.98. The molecular formula is C13H15N3O3S. The van der Waals surface area contributed by atoms with E-state index in [9.17, 15) is 9.59 Å². The summed E-state index contributed by atoms with van der Waals surface area (Å²) in [6.45, 7) is 3.63. The molecule has 0 aliphatic rings. The van der Waals surface area contributed by atoms with E-state index in [2.05, 4.69) is 15.6 Å². The van der Waals surface area contributed by atoms with Crippen molar-refractivity contribution in [1.29, 1.82) is 0 Å². The Morgan fingerprint density at radius 2 is 2.20 bits per heavy atom. The Morgan fingerprint density at radius 1 is 1.40 bits per heavy atom. The number of thiazole rings is 1. The van der Waals surface area contributed by atoms with Crippen LogP contribution in [-0.2, 0) is 16.1 Å². The highest BCUT2D eigenvalue weighted by atomic mass is 32.1. The van der Waals surface area contributed by atoms with Crippen LogP contribution < -0.4 is 10.6 Å². The molecule has 2 amide bonds. The third-order valence-electron chi connectivity index (χ3n) is 2.57. The molecular weight excluding hydrogens is 278 g/mol. The molecule has 0 bridgehead atoms. The summed E-state index contributed by atoms with van der Waals surface area (Å²) in [6, 6.07) is 3.65. The summed E-state index contributed by atoms with van der Waals surface area (Å²) < 4.78 is 5.29. The van der Waals surface area contributed by atoms with Gasteiger partial charge in [0.15, 0.2) is 10.8 Å². The van der Waals surface area contributed by atoms with Crippen LogP contribution in [0.15, 0.2) is 22.8 Å². The fraction of sp³-hybridized carbons (Fsp3) is 0.308. The van der Waals surface area contributed by atoms with Gasteiger partial charge in [0.2, 0.25) is 11.8 Å². The van der Waals surface area contributed by atoms with Gasteiger partial charge < -0.3 is 15.1 Å². The second kappa shape index (κ2) is 6.33. The maximum atomic E-state index is 11.5. The molecule has 2 heterocycles. The number of hydrogen-bond acceptors (Lipinski definition) is 5. The summed E-state index contributed by atoms with van der Waals surface area (Å²) in [4.78, 5) is 27.6. The van der Waals surface area contributed by atoms with Crippen LogP contribution in [0.1, 0.15) is 17.5 Å². The average Bonchev–Trinajstić information content (AvgIpc) is 3.03. The van der Waals surface area contributed by atoms with Crippen LogP contribution >= 0.6 is 11.3 Å². The van der Waals surface area contributed by atoms with Gasteiger partial charge in [-0.15, -0.1) is 11.3 Å². The topological polar surface area (TPSA) is 84.2 Å². The highest BCUT2D eigenvalue weighted by Crippen LogP contribution is 2.27. The van der Waals surface area contributed by atoms with Crippen molar-refractivity contribution in [2.24, 2.45) is 0 Å². The van der Waals surface area contributed by atoms with E-state index in [0.717, 1.165) is 15.6 Å². The van der Waals surface area contributed by atoms with Crippen LogP contribution in [0, 0.1) is 6.92 Å². The number of nitrogens with zero attached hydrogens (tertiary/aromatic N) is 1. The largest absolute Gasteiger partial charge is 0.462 e. The lowest BCUT2D eigenvalue weighted by atomic mass is 10.4. The predicted molar refractivity (Wildman–Crippen MR) is 75.1 cm³/mol. The third kappa shape index (κ3) is 3.67. The predicted octanol–water partition coefficient (Wildman–Crippen LogP) is 1.46. The Hall–Kier alpha value is -2.15. The van der Waals surface area contributed by atoms with Gasteiger partial charge in [0.1, 0.15) is 0 Å². The Bertz CT molecular complexity index is 604. The standard InChI is InChI=1S/C13H15N3O3S/c1-8-11(6-15-12(18)7-14-9(2)17)20-13(16-8)10-4-3-5-19-10/h3-5H,6-7H2,1-2H3,(H,14,17)(H,15,18). The van der Waals surface area contributed by atoms with Crippen molar-refractivity contribution >= 4 is 23.2 Å². The lowest BCUT2D eigenvalue weighted by Gasteiger charge is -2.04. The molecule has 2 aromatic rings. The van der Waals surface area contributed by atoms with Gasteiger partial charge in [0, 0.05) is 11.8 Å². The molecule has 0 radical (unpaired) electrons. The van der Waals surface area contributed by atoms with Crippen molar-refractivity contribution in [2.45, 2.75) is 20.4 Å². The molecule has 0 aliphatic carbocycles. The average molecular weight is 293 g/mol. The first-order valence-corrected chi connectivity index (χ1v) is 6.89. The molecule has 0 spiro atoms. The molecule has 106 valence electrons. The number of amides is 2. The minimum atomic E-state index is -0.229. The highest BCUT2D eigenvalue weighted by Gasteiger charge is 2.12. The van der Waals surface area contributed by atoms with Crippen molar-refractivity contribution in [3.8, 4) is 10.8 Å². The number of carbonyl (C=O) groups is 2. The Labute approximate surface area is 120 Å². The van der Waals surface area contributed by atoms with Gasteiger partial charge in [-0.1, -0.05) is 0 Å². The summed E-state index contributed by atoms with van der Waals surface area (Å²) in [7, 11) is 0. The van der Waals surface area contributed by atoms with Crippen LogP contribution in [0.4, 0.5) is 0 Å². The van der Waals surface area contributed by atoms with E-state index >= 15 is 0 Å². The van der Waals surface area contributed by atoms with Crippen LogP contribution in [0.3, 0.4) is 0 Å². The van der Waals surface area contributed by atoms with Crippen molar-refractivity contribution in [2.75, 3.05) is 6.54 Å². The van der Waals surface area contributed by atoms with Crippen molar-refractivity contribution in [3.63, 3.8) is 0 Å². The summed E-state index contributed by atoms with van der Waals surface area (Å²) in [5.74, 6) is 0.260. The molecule has 7 heteroatoms. The lowest BCUT2D eigenvalue weighted by molar-refractivity contribution is -0.125. The highest BCUT2D eigenvalue weighted by molar-refractivity contribution is 7.15. The van der Waals surface area contributed by atoms with E-state index in [0.29, 0.717) is 12.3 Å². The quantitative estimate of drug-likeness (QED) is 0.874. The molecule has 0 unspecified atom stereocenters. The van der Waals surface area contributed by atoms with E-state index < -0.39 is 0 Å². The Morgan fingerprint density at radius 3 is 2.85 bits per heavy atom. The zero-order valence-electron chi connectivity index (χ0n) is 11.2. The van der Waals surface area contributed by atoms with E-state index in [1.807, 2.05) is 13.0 Å². The zero-order chi connectivity index (χ0) is 14.5. The van der Waals surface area contributed by atoms with Crippen LogP contribution in [0.5, 0.6) is 0 Å². The second-order valence-electron chi connectivity index (χ2n) is 4.19. The summed E-state index contributed by atoms with van der Waals surface area (Å²) in [6.07, 6.45) is 1.60. The van der Waals surface area contributed by atoms with Gasteiger partial charge in [-0.3, -0.25) is 9.59 Å². The molecule has 0 aliphatic heterocycles. The summed E-state index contributed by atoms with van der Waals surface area (Å²) >= 11 is 1.48. The fourth-order valence-corrected chi connectivity index (χ4v) is 2.51. The minimum absolute atomic E-state index is 0.0156. The summed E-state index contributed by atoms with van der Waals surface area (Å²) in [5.41, 5.74) is 0.862. The lowest BCUT2D eigenvalue weighted by Crippen LogP contribution is -2.35. The number of furan rings is 1. The SMILES string of the molecule is CC(=O)NCC(=O)NCc1sc(-c2ccco2)nc1C. The van der Waals surface area contributed by atoms with E-state index in [1.54, 1.807) is 12.3 Å². The normalized spacial score (nSPS) is 10.3. The first kappa shape index (κ1) is 14.3. The number of aryl methyl sites for hydroxylation is 1. The van der Waals surface area contributed by atoms with Crippen molar-refractivity contribution in [3.05, 3.63) is 29.0 Å². The fourth-order valence-electron chi connectivity index (χ4n) is 1.54. The molecule has 0 saturated carbocycles. The Balaban J connectivity index is 1.93. The second-order valence-corrected chi connectivity index (χ2v) is 5.27. The molecule has 2 rings (SSSR count). The maximum absolute atomic E-state index is 11.5. The number of nitrogens with one attached hydrogen (secondary N) is 2. The minimum Gasteiger partial charge on any atom is -0.462 e. The smallest absolute Gasteiger partial charge is 0.239 e. The first-order chi connectivity index (χ1) is 9.56. The zero-order valence-corrected chi connectivity index (χ0v) is 12.0. The molecule has 20 heavy (non-hydrogen) atoms. The third-order valence-corrected chi connectivity index (χ3v) is 3.74. The first-order valence-electron chi connectivity index (χ1n) is 6.07. The van der Waals surface area contributed by atoms with Gasteiger partial charge in [-0.25, -0.2) is 4.98 Å². The molecule has 0 aromatic carbocycles. The number of hydrogen-bond donors (Lipinski definition) is 2. The van der Waals surface area contributed by atoms with Gasteiger partial charge in [0.25, 0.3) is 0 Å². The Kier molecular flexibility index (Phi) is 4.52. The number of aromatic nitrogens is 1. The monoisotopic (exact) mass is 293 g/mol. The van der Waals surface area contributed by atoms with Crippen LogP contribution in [0.2, 0.25) is 0 Å². The molecule has 0 atom stereocenters. The van der Waals surface area contributed by atoms with E-state index in [4.69, 9.17) is 4.42 Å².